The first-order valence-corrected chi connectivity index (χ1v) is 11.4. The number of hydrogen-bond donors (Lipinski definition) is 0. The number of hydrogen-bond acceptors (Lipinski definition) is 4. The van der Waals surface area contributed by atoms with Crippen LogP contribution in [0.5, 0.6) is 5.75 Å². The van der Waals surface area contributed by atoms with Gasteiger partial charge in [-0.2, -0.15) is 0 Å². The fourth-order valence-corrected chi connectivity index (χ4v) is 3.87. The summed E-state index contributed by atoms with van der Waals surface area (Å²) in [5, 5.41) is -0.316. The third kappa shape index (κ3) is 7.10. The number of ketones is 1. The van der Waals surface area contributed by atoms with Gasteiger partial charge in [0.1, 0.15) is 11.5 Å². The molecule has 146 valence electrons. The number of rotatable bonds is 12. The minimum atomic E-state index is -2.96. The average molecular weight is 381 g/mol. The van der Waals surface area contributed by atoms with Crippen molar-refractivity contribution >= 4 is 15.6 Å². The van der Waals surface area contributed by atoms with E-state index in [1.165, 1.54) is 12.8 Å². The van der Waals surface area contributed by atoms with Crippen LogP contribution in [0.1, 0.15) is 63.5 Å². The Kier molecular flexibility index (Phi) is 7.69. The number of unbranched alkanes of at least 4 members (excludes halogenated alkanes) is 2. The lowest BCUT2D eigenvalue weighted by atomic mass is 10.0. The Balaban J connectivity index is 1.68. The van der Waals surface area contributed by atoms with Crippen molar-refractivity contribution < 1.29 is 17.9 Å². The molecule has 4 nitrogen and oxygen atoms in total. The first-order valence-electron chi connectivity index (χ1n) is 9.73. The Hall–Kier alpha value is -1.36. The Morgan fingerprint density at radius 3 is 2.54 bits per heavy atom. The monoisotopic (exact) mass is 380 g/mol. The molecule has 1 aromatic rings. The summed E-state index contributed by atoms with van der Waals surface area (Å²) in [7, 11) is -2.96. The number of carbonyl (C=O) groups is 1. The number of aryl methyl sites for hydroxylation is 1. The molecule has 0 heterocycles. The molecule has 1 aromatic carbocycles. The molecule has 1 aliphatic rings. The van der Waals surface area contributed by atoms with Gasteiger partial charge in [-0.25, -0.2) is 8.42 Å². The van der Waals surface area contributed by atoms with E-state index in [2.05, 4.69) is 0 Å². The molecule has 0 bridgehead atoms. The van der Waals surface area contributed by atoms with Gasteiger partial charge in [0.15, 0.2) is 9.84 Å². The van der Waals surface area contributed by atoms with Gasteiger partial charge < -0.3 is 4.74 Å². The maximum Gasteiger partial charge on any atom is 0.152 e. The first kappa shape index (κ1) is 20.9. The summed E-state index contributed by atoms with van der Waals surface area (Å²) in [6.45, 7) is 6.24. The van der Waals surface area contributed by atoms with Gasteiger partial charge in [0.05, 0.1) is 17.6 Å². The summed E-state index contributed by atoms with van der Waals surface area (Å²) >= 11 is 0. The number of benzene rings is 1. The van der Waals surface area contributed by atoms with Crippen LogP contribution in [0.4, 0.5) is 0 Å². The molecule has 0 radical (unpaired) electrons. The minimum Gasteiger partial charge on any atom is -0.493 e. The van der Waals surface area contributed by atoms with Crippen LogP contribution in [0.25, 0.3) is 0 Å². The van der Waals surface area contributed by atoms with E-state index in [9.17, 15) is 13.2 Å². The van der Waals surface area contributed by atoms with Gasteiger partial charge in [-0.05, 0) is 75.6 Å². The molecule has 1 aliphatic carbocycles. The quantitative estimate of drug-likeness (QED) is 0.508. The van der Waals surface area contributed by atoms with Gasteiger partial charge in [0, 0.05) is 12.8 Å². The lowest BCUT2D eigenvalue weighted by molar-refractivity contribution is -0.118. The summed E-state index contributed by atoms with van der Waals surface area (Å²) in [6, 6.07) is 5.96. The van der Waals surface area contributed by atoms with Gasteiger partial charge in [0.25, 0.3) is 0 Å². The zero-order chi connectivity index (χ0) is 19.2. The third-order valence-electron chi connectivity index (χ3n) is 4.99. The van der Waals surface area contributed by atoms with Crippen molar-refractivity contribution in [1.82, 2.24) is 0 Å². The maximum absolute atomic E-state index is 12.2. The first-order chi connectivity index (χ1) is 12.3. The van der Waals surface area contributed by atoms with Crippen LogP contribution in [0, 0.1) is 12.8 Å². The van der Waals surface area contributed by atoms with E-state index in [1.54, 1.807) is 13.8 Å². The molecule has 0 atom stereocenters. The normalized spacial score (nSPS) is 14.6. The Bertz CT molecular complexity index is 703. The van der Waals surface area contributed by atoms with E-state index in [4.69, 9.17) is 4.74 Å². The highest BCUT2D eigenvalue weighted by Gasteiger charge is 2.22. The van der Waals surface area contributed by atoms with Crippen molar-refractivity contribution in [3.05, 3.63) is 29.3 Å². The van der Waals surface area contributed by atoms with E-state index in [0.717, 1.165) is 42.2 Å². The van der Waals surface area contributed by atoms with Crippen LogP contribution >= 0.6 is 0 Å². The zero-order valence-electron chi connectivity index (χ0n) is 16.3. The number of ether oxygens (including phenoxy) is 1. The standard InChI is InChI=1S/C21H32O4S/c1-16(2)26(23,24)12-6-4-5-7-20(22)14-19-10-11-21(13-17(19)3)25-15-18-8-9-18/h10-11,13,16,18H,4-9,12,14-15H2,1-3H3. The molecule has 0 aromatic heterocycles. The summed E-state index contributed by atoms with van der Waals surface area (Å²) in [5.41, 5.74) is 2.14. The van der Waals surface area contributed by atoms with Gasteiger partial charge in [-0.1, -0.05) is 12.5 Å². The van der Waals surface area contributed by atoms with E-state index in [0.29, 0.717) is 19.3 Å². The van der Waals surface area contributed by atoms with Crippen molar-refractivity contribution in [2.24, 2.45) is 5.92 Å². The maximum atomic E-state index is 12.2. The molecule has 0 saturated heterocycles. The molecule has 0 amide bonds. The Morgan fingerprint density at radius 2 is 1.92 bits per heavy atom. The highest BCUT2D eigenvalue weighted by Crippen LogP contribution is 2.30. The van der Waals surface area contributed by atoms with Crippen LogP contribution in [0.3, 0.4) is 0 Å². The molecule has 1 fully saturated rings. The molecule has 0 unspecified atom stereocenters. The highest BCUT2D eigenvalue weighted by atomic mass is 32.2. The second-order valence-corrected chi connectivity index (χ2v) is 10.5. The van der Waals surface area contributed by atoms with Crippen LogP contribution in [0.15, 0.2) is 18.2 Å². The summed E-state index contributed by atoms with van der Waals surface area (Å²) in [5.74, 6) is 2.05. The van der Waals surface area contributed by atoms with Crippen molar-refractivity contribution in [2.75, 3.05) is 12.4 Å². The summed E-state index contributed by atoms with van der Waals surface area (Å²) in [6.07, 6.45) is 5.68. The lowest BCUT2D eigenvalue weighted by Crippen LogP contribution is -2.17. The molecular weight excluding hydrogens is 348 g/mol. The van der Waals surface area contributed by atoms with Crippen LogP contribution in [-0.2, 0) is 21.1 Å². The topological polar surface area (TPSA) is 60.4 Å². The molecule has 0 spiro atoms. The third-order valence-corrected chi connectivity index (χ3v) is 7.28. The minimum absolute atomic E-state index is 0.214. The van der Waals surface area contributed by atoms with Crippen molar-refractivity contribution in [2.45, 2.75) is 71.0 Å². The molecular formula is C21H32O4S. The number of carbonyl (C=O) groups excluding carboxylic acids is 1. The lowest BCUT2D eigenvalue weighted by Gasteiger charge is -2.10. The molecule has 0 N–H and O–H groups in total. The van der Waals surface area contributed by atoms with Gasteiger partial charge >= 0.3 is 0 Å². The average Bonchev–Trinajstić information content (AvgIpc) is 3.39. The molecule has 0 aliphatic heterocycles. The van der Waals surface area contributed by atoms with E-state index < -0.39 is 9.84 Å². The number of sulfone groups is 1. The highest BCUT2D eigenvalue weighted by molar-refractivity contribution is 7.91. The molecule has 2 rings (SSSR count). The number of Topliss-reactive ketones (excluding diaryl/α,β-unsaturated/α-hetero) is 1. The SMILES string of the molecule is Cc1cc(OCC2CC2)ccc1CC(=O)CCCCCS(=O)(=O)C(C)C. The van der Waals surface area contributed by atoms with Crippen molar-refractivity contribution in [3.8, 4) is 5.75 Å². The Labute approximate surface area is 158 Å². The molecule has 1 saturated carbocycles. The predicted molar refractivity (Wildman–Crippen MR) is 105 cm³/mol. The van der Waals surface area contributed by atoms with Crippen LogP contribution in [0.2, 0.25) is 0 Å². The Morgan fingerprint density at radius 1 is 1.19 bits per heavy atom. The largest absolute Gasteiger partial charge is 0.493 e. The second kappa shape index (κ2) is 9.54. The molecule has 26 heavy (non-hydrogen) atoms. The summed E-state index contributed by atoms with van der Waals surface area (Å²) in [4.78, 5) is 12.2. The van der Waals surface area contributed by atoms with Crippen LogP contribution < -0.4 is 4.74 Å². The van der Waals surface area contributed by atoms with Crippen LogP contribution in [-0.4, -0.2) is 31.8 Å². The summed E-state index contributed by atoms with van der Waals surface area (Å²) < 4.78 is 29.3. The fourth-order valence-electron chi connectivity index (χ4n) is 2.79. The molecule has 5 heteroatoms. The fraction of sp³-hybridized carbons (Fsp3) is 0.667. The smallest absolute Gasteiger partial charge is 0.152 e. The van der Waals surface area contributed by atoms with Crippen molar-refractivity contribution in [1.29, 1.82) is 0 Å². The zero-order valence-corrected chi connectivity index (χ0v) is 17.1. The predicted octanol–water partition coefficient (Wildman–Crippen LogP) is 4.28. The van der Waals surface area contributed by atoms with Gasteiger partial charge in [-0.3, -0.25) is 4.79 Å². The van der Waals surface area contributed by atoms with Gasteiger partial charge in [0.2, 0.25) is 0 Å². The van der Waals surface area contributed by atoms with E-state index in [1.807, 2.05) is 25.1 Å². The second-order valence-electron chi connectivity index (χ2n) is 7.78. The van der Waals surface area contributed by atoms with E-state index in [-0.39, 0.29) is 16.8 Å². The van der Waals surface area contributed by atoms with E-state index >= 15 is 0 Å². The van der Waals surface area contributed by atoms with Crippen molar-refractivity contribution in [3.63, 3.8) is 0 Å². The van der Waals surface area contributed by atoms with Gasteiger partial charge in [-0.15, -0.1) is 0 Å².